The fraction of sp³-hybridized carbons (Fsp3) is 0.556. The van der Waals surface area contributed by atoms with Gasteiger partial charge >= 0.3 is 0 Å². The number of halogens is 1. The molecule has 5 heteroatoms. The van der Waals surface area contributed by atoms with Crippen LogP contribution in [0.5, 0.6) is 0 Å². The Balaban J connectivity index is 0.00000192. The van der Waals surface area contributed by atoms with Crippen LogP contribution in [0.2, 0.25) is 0 Å². The van der Waals surface area contributed by atoms with Crippen molar-refractivity contribution >= 4 is 24.1 Å². The molecule has 126 valence electrons. The average Bonchev–Trinajstić information content (AvgIpc) is 3.00. The maximum absolute atomic E-state index is 12.3. The molecule has 2 N–H and O–H groups in total. The number of nitrogens with zero attached hydrogens (tertiary/aromatic N) is 1. The normalized spacial score (nSPS) is 17.5. The number of hydrogen-bond acceptors (Lipinski definition) is 3. The summed E-state index contributed by atoms with van der Waals surface area (Å²) < 4.78 is 0. The fourth-order valence-electron chi connectivity index (χ4n) is 3.42. The molecule has 1 aliphatic heterocycles. The van der Waals surface area contributed by atoms with Crippen molar-refractivity contribution < 1.29 is 9.59 Å². The lowest BCUT2D eigenvalue weighted by molar-refractivity contribution is -0.132. The molecule has 1 aromatic rings. The van der Waals surface area contributed by atoms with Crippen molar-refractivity contribution in [1.29, 1.82) is 0 Å². The molecule has 3 rings (SSSR count). The summed E-state index contributed by atoms with van der Waals surface area (Å²) in [6, 6.07) is 6.23. The highest BCUT2D eigenvalue weighted by molar-refractivity contribution is 5.98. The minimum absolute atomic E-state index is 0. The van der Waals surface area contributed by atoms with Crippen LogP contribution < -0.4 is 5.73 Å². The van der Waals surface area contributed by atoms with Gasteiger partial charge in [0.05, 0.1) is 0 Å². The smallest absolute Gasteiger partial charge is 0.223 e. The molecular formula is C18H25ClN2O2. The summed E-state index contributed by atoms with van der Waals surface area (Å²) >= 11 is 0. The van der Waals surface area contributed by atoms with E-state index in [1.54, 1.807) is 0 Å². The van der Waals surface area contributed by atoms with Crippen LogP contribution in [0.3, 0.4) is 0 Å². The van der Waals surface area contributed by atoms with Crippen LogP contribution in [-0.4, -0.2) is 35.7 Å². The second kappa shape index (κ2) is 7.93. The second-order valence-corrected chi connectivity index (χ2v) is 6.48. The summed E-state index contributed by atoms with van der Waals surface area (Å²) in [7, 11) is 0. The third-order valence-electron chi connectivity index (χ3n) is 4.88. The molecule has 0 atom stereocenters. The zero-order valence-electron chi connectivity index (χ0n) is 13.4. The van der Waals surface area contributed by atoms with E-state index in [-0.39, 0.29) is 30.1 Å². The Morgan fingerprint density at radius 2 is 1.78 bits per heavy atom. The first kappa shape index (κ1) is 18.0. The molecule has 1 fully saturated rings. The van der Waals surface area contributed by atoms with Crippen LogP contribution in [0.4, 0.5) is 0 Å². The van der Waals surface area contributed by atoms with Crippen molar-refractivity contribution in [2.24, 2.45) is 5.73 Å². The Bertz CT molecular complexity index is 580. The maximum atomic E-state index is 12.3. The summed E-state index contributed by atoms with van der Waals surface area (Å²) in [6.07, 6.45) is 5.73. The van der Waals surface area contributed by atoms with Crippen LogP contribution in [0.15, 0.2) is 18.2 Å². The van der Waals surface area contributed by atoms with E-state index in [9.17, 15) is 9.59 Å². The topological polar surface area (TPSA) is 63.4 Å². The number of carbonyl (C=O) groups is 2. The van der Waals surface area contributed by atoms with Crippen molar-refractivity contribution in [3.05, 3.63) is 34.9 Å². The number of aryl methyl sites for hydroxylation is 2. The minimum atomic E-state index is 0. The third kappa shape index (κ3) is 4.33. The summed E-state index contributed by atoms with van der Waals surface area (Å²) in [4.78, 5) is 26.3. The minimum Gasteiger partial charge on any atom is -0.343 e. The van der Waals surface area contributed by atoms with Crippen LogP contribution in [0, 0.1) is 0 Å². The van der Waals surface area contributed by atoms with Gasteiger partial charge in [-0.1, -0.05) is 12.1 Å². The predicted octanol–water partition coefficient (Wildman–Crippen LogP) is 2.51. The lowest BCUT2D eigenvalue weighted by atomic mass is 10.0. The molecule has 0 bridgehead atoms. The van der Waals surface area contributed by atoms with Gasteiger partial charge in [0.15, 0.2) is 5.78 Å². The maximum Gasteiger partial charge on any atom is 0.223 e. The predicted molar refractivity (Wildman–Crippen MR) is 93.1 cm³/mol. The Morgan fingerprint density at radius 3 is 2.52 bits per heavy atom. The Hall–Kier alpha value is -1.39. The van der Waals surface area contributed by atoms with E-state index >= 15 is 0 Å². The molecule has 23 heavy (non-hydrogen) atoms. The number of likely N-dealkylation sites (tertiary alicyclic amines) is 1. The van der Waals surface area contributed by atoms with Crippen molar-refractivity contribution in [2.75, 3.05) is 13.1 Å². The van der Waals surface area contributed by atoms with Gasteiger partial charge in [-0.15, -0.1) is 12.4 Å². The highest BCUT2D eigenvalue weighted by atomic mass is 35.5. The summed E-state index contributed by atoms with van der Waals surface area (Å²) in [6.45, 7) is 1.46. The van der Waals surface area contributed by atoms with Gasteiger partial charge in [-0.25, -0.2) is 0 Å². The van der Waals surface area contributed by atoms with E-state index in [1.807, 2.05) is 17.0 Å². The number of amides is 1. The Morgan fingerprint density at radius 1 is 1.09 bits per heavy atom. The third-order valence-corrected chi connectivity index (χ3v) is 4.88. The molecule has 1 aromatic carbocycles. The van der Waals surface area contributed by atoms with E-state index in [2.05, 4.69) is 6.07 Å². The van der Waals surface area contributed by atoms with Crippen LogP contribution in [-0.2, 0) is 17.6 Å². The largest absolute Gasteiger partial charge is 0.343 e. The molecule has 2 aliphatic rings. The second-order valence-electron chi connectivity index (χ2n) is 6.48. The number of carbonyl (C=O) groups excluding carboxylic acids is 2. The highest BCUT2D eigenvalue weighted by Gasteiger charge is 2.21. The standard InChI is InChI=1S/C18H24N2O2.ClH/c19-16-8-10-20(11-9-16)18(22)7-6-17(21)15-5-4-13-2-1-3-14(13)12-15;/h4-5,12,16H,1-3,6-11,19H2;1H. The summed E-state index contributed by atoms with van der Waals surface area (Å²) in [5.74, 6) is 0.165. The zero-order valence-corrected chi connectivity index (χ0v) is 14.2. The van der Waals surface area contributed by atoms with Crippen LogP contribution in [0.1, 0.15) is 53.6 Å². The first-order valence-corrected chi connectivity index (χ1v) is 8.32. The molecule has 1 aliphatic carbocycles. The molecule has 1 amide bonds. The summed E-state index contributed by atoms with van der Waals surface area (Å²) in [5, 5.41) is 0. The first-order chi connectivity index (χ1) is 10.6. The number of benzene rings is 1. The Kier molecular flexibility index (Phi) is 6.19. The van der Waals surface area contributed by atoms with Gasteiger partial charge in [0.2, 0.25) is 5.91 Å². The number of ketones is 1. The molecule has 0 spiro atoms. The molecule has 0 radical (unpaired) electrons. The van der Waals surface area contributed by atoms with Gasteiger partial charge in [-0.3, -0.25) is 9.59 Å². The molecule has 0 unspecified atom stereocenters. The van der Waals surface area contributed by atoms with Gasteiger partial charge in [-0.05, 0) is 49.3 Å². The molecule has 1 heterocycles. The molecular weight excluding hydrogens is 312 g/mol. The van der Waals surface area contributed by atoms with E-state index in [4.69, 9.17) is 5.73 Å². The molecule has 1 saturated heterocycles. The van der Waals surface area contributed by atoms with Crippen molar-refractivity contribution in [3.63, 3.8) is 0 Å². The van der Waals surface area contributed by atoms with Crippen molar-refractivity contribution in [2.45, 2.75) is 51.0 Å². The molecule has 0 saturated carbocycles. The SMILES string of the molecule is Cl.NC1CCN(C(=O)CCC(=O)c2ccc3c(c2)CCC3)CC1. The average molecular weight is 337 g/mol. The molecule has 0 aromatic heterocycles. The molecule has 4 nitrogen and oxygen atoms in total. The van der Waals surface area contributed by atoms with Crippen molar-refractivity contribution in [1.82, 2.24) is 4.90 Å². The van der Waals surface area contributed by atoms with Crippen molar-refractivity contribution in [3.8, 4) is 0 Å². The lowest BCUT2D eigenvalue weighted by Gasteiger charge is -2.30. The van der Waals surface area contributed by atoms with E-state index in [0.29, 0.717) is 12.8 Å². The number of hydrogen-bond donors (Lipinski definition) is 1. The van der Waals surface area contributed by atoms with E-state index in [1.165, 1.54) is 17.5 Å². The first-order valence-electron chi connectivity index (χ1n) is 8.32. The van der Waals surface area contributed by atoms with Gasteiger partial charge in [-0.2, -0.15) is 0 Å². The van der Waals surface area contributed by atoms with Crippen LogP contribution >= 0.6 is 12.4 Å². The van der Waals surface area contributed by atoms with Gasteiger partial charge in [0.1, 0.15) is 0 Å². The van der Waals surface area contributed by atoms with Crippen LogP contribution in [0.25, 0.3) is 0 Å². The zero-order chi connectivity index (χ0) is 15.5. The van der Waals surface area contributed by atoms with Gasteiger partial charge in [0, 0.05) is 37.5 Å². The summed E-state index contributed by atoms with van der Waals surface area (Å²) in [5.41, 5.74) is 9.29. The number of fused-ring (bicyclic) bond motifs is 1. The highest BCUT2D eigenvalue weighted by Crippen LogP contribution is 2.23. The fourth-order valence-corrected chi connectivity index (χ4v) is 3.42. The van der Waals surface area contributed by atoms with Gasteiger partial charge in [0.25, 0.3) is 0 Å². The number of nitrogens with two attached hydrogens (primary N) is 1. The van der Waals surface area contributed by atoms with Gasteiger partial charge < -0.3 is 10.6 Å². The lowest BCUT2D eigenvalue weighted by Crippen LogP contribution is -2.42. The Labute approximate surface area is 143 Å². The quantitative estimate of drug-likeness (QED) is 0.859. The van der Waals surface area contributed by atoms with E-state index in [0.717, 1.165) is 44.3 Å². The monoisotopic (exact) mass is 336 g/mol. The number of Topliss-reactive ketones (excluding diaryl/α,β-unsaturated/α-hetero) is 1. The number of rotatable bonds is 4. The van der Waals surface area contributed by atoms with E-state index < -0.39 is 0 Å². The number of piperidine rings is 1.